The Labute approximate surface area is 152 Å². The van der Waals surface area contributed by atoms with Crippen LogP contribution in [0.5, 0.6) is 0 Å². The van der Waals surface area contributed by atoms with E-state index in [0.717, 1.165) is 0 Å². The zero-order chi connectivity index (χ0) is 18.7. The predicted octanol–water partition coefficient (Wildman–Crippen LogP) is 2.34. The van der Waals surface area contributed by atoms with Crippen LogP contribution in [0.25, 0.3) is 16.8 Å². The maximum Gasteiger partial charge on any atom is 0.268 e. The quantitative estimate of drug-likeness (QED) is 0.531. The van der Waals surface area contributed by atoms with E-state index >= 15 is 0 Å². The minimum Gasteiger partial charge on any atom is -0.383 e. The fraction of sp³-hybridized carbons (Fsp3) is 0.250. The van der Waals surface area contributed by atoms with Crippen molar-refractivity contribution in [3.8, 4) is 29.2 Å². The van der Waals surface area contributed by atoms with Crippen LogP contribution in [0.15, 0.2) is 41.5 Å². The molecule has 26 heavy (non-hydrogen) atoms. The maximum absolute atomic E-state index is 11.9. The molecule has 4 rings (SSSR count). The molecule has 6 nitrogen and oxygen atoms in total. The van der Waals surface area contributed by atoms with E-state index in [0.29, 0.717) is 30.4 Å². The van der Waals surface area contributed by atoms with Gasteiger partial charge in [-0.05, 0) is 36.5 Å². The average Bonchev–Trinajstić information content (AvgIpc) is 3.00. The fourth-order valence-corrected chi connectivity index (χ4v) is 2.69. The first-order valence-corrected chi connectivity index (χ1v) is 8.23. The van der Waals surface area contributed by atoms with Crippen LogP contribution in [0.2, 0.25) is 0 Å². The van der Waals surface area contributed by atoms with E-state index in [9.17, 15) is 4.79 Å². The third-order valence-electron chi connectivity index (χ3n) is 4.21. The normalized spacial score (nSPS) is 10.7. The minimum absolute atomic E-state index is 0.190. The lowest BCUT2D eigenvalue weighted by Gasteiger charge is -2.17. The molecule has 2 aliphatic rings. The highest BCUT2D eigenvalue weighted by Crippen LogP contribution is 2.35. The van der Waals surface area contributed by atoms with Gasteiger partial charge in [-0.1, -0.05) is 18.2 Å². The van der Waals surface area contributed by atoms with Crippen molar-refractivity contribution in [3.05, 3.63) is 64.1 Å². The SMILES string of the molecule is C#Cc1cn(-c2cnn(CCOC)c(=O)c2)c(C)n1.Cc1cc2ccc1-2. The van der Waals surface area contributed by atoms with Crippen molar-refractivity contribution < 1.29 is 4.74 Å². The third kappa shape index (κ3) is 3.44. The number of hydrogen-bond acceptors (Lipinski definition) is 4. The van der Waals surface area contributed by atoms with Gasteiger partial charge in [0.25, 0.3) is 5.56 Å². The lowest BCUT2D eigenvalue weighted by atomic mass is 9.88. The van der Waals surface area contributed by atoms with Crippen LogP contribution in [0.1, 0.15) is 17.1 Å². The molecule has 132 valence electrons. The van der Waals surface area contributed by atoms with Crippen LogP contribution in [0, 0.1) is 26.2 Å². The van der Waals surface area contributed by atoms with Crippen LogP contribution in [0.4, 0.5) is 0 Å². The summed E-state index contributed by atoms with van der Waals surface area (Å²) in [5.74, 6) is 3.17. The smallest absolute Gasteiger partial charge is 0.268 e. The Morgan fingerprint density at radius 1 is 1.27 bits per heavy atom. The summed E-state index contributed by atoms with van der Waals surface area (Å²) in [5.41, 5.74) is 5.34. The molecule has 2 aliphatic carbocycles. The van der Waals surface area contributed by atoms with Crippen LogP contribution in [-0.4, -0.2) is 33.0 Å². The van der Waals surface area contributed by atoms with Gasteiger partial charge in [0.15, 0.2) is 0 Å². The second kappa shape index (κ2) is 7.38. The average molecular weight is 348 g/mol. The Balaban J connectivity index is 0.000000229. The molecule has 0 aliphatic heterocycles. The van der Waals surface area contributed by atoms with Crippen molar-refractivity contribution in [2.24, 2.45) is 0 Å². The molecule has 0 saturated heterocycles. The molecule has 6 heteroatoms. The lowest BCUT2D eigenvalue weighted by Crippen LogP contribution is -2.24. The Kier molecular flexibility index (Phi) is 5.01. The number of terminal acetylenes is 1. The van der Waals surface area contributed by atoms with Crippen molar-refractivity contribution in [3.63, 3.8) is 0 Å². The van der Waals surface area contributed by atoms with Gasteiger partial charge in [-0.25, -0.2) is 9.67 Å². The monoisotopic (exact) mass is 348 g/mol. The Morgan fingerprint density at radius 3 is 2.50 bits per heavy atom. The molecule has 0 N–H and O–H groups in total. The van der Waals surface area contributed by atoms with Crippen LogP contribution in [0.3, 0.4) is 0 Å². The molecular weight excluding hydrogens is 328 g/mol. The molecule has 0 amide bonds. The zero-order valence-electron chi connectivity index (χ0n) is 15.1. The molecule has 2 aromatic rings. The first-order chi connectivity index (χ1) is 12.5. The van der Waals surface area contributed by atoms with E-state index in [1.54, 1.807) is 24.1 Å². The number of aryl methyl sites for hydroxylation is 2. The molecule has 0 unspecified atom stereocenters. The first kappa shape index (κ1) is 17.6. The van der Waals surface area contributed by atoms with Crippen LogP contribution >= 0.6 is 0 Å². The number of ether oxygens (including phenoxy) is 1. The van der Waals surface area contributed by atoms with Gasteiger partial charge >= 0.3 is 0 Å². The molecule has 0 atom stereocenters. The Hall–Kier alpha value is -3.17. The van der Waals surface area contributed by atoms with E-state index in [-0.39, 0.29) is 5.56 Å². The van der Waals surface area contributed by atoms with Crippen LogP contribution < -0.4 is 5.56 Å². The molecule has 0 aromatic carbocycles. The van der Waals surface area contributed by atoms with Crippen molar-refractivity contribution in [2.75, 3.05) is 13.7 Å². The number of nitrogens with zero attached hydrogens (tertiary/aromatic N) is 4. The summed E-state index contributed by atoms with van der Waals surface area (Å²) >= 11 is 0. The molecule has 2 aromatic heterocycles. The third-order valence-corrected chi connectivity index (χ3v) is 4.21. The van der Waals surface area contributed by atoms with E-state index in [2.05, 4.69) is 41.1 Å². The van der Waals surface area contributed by atoms with Crippen LogP contribution in [-0.2, 0) is 11.3 Å². The minimum atomic E-state index is -0.190. The number of aromatic nitrogens is 4. The zero-order valence-corrected chi connectivity index (χ0v) is 15.1. The summed E-state index contributed by atoms with van der Waals surface area (Å²) in [6.45, 7) is 4.82. The van der Waals surface area contributed by atoms with Gasteiger partial charge in [-0.15, -0.1) is 6.42 Å². The molecule has 0 saturated carbocycles. The maximum atomic E-state index is 11.9. The second-order valence-corrected chi connectivity index (χ2v) is 5.99. The standard InChI is InChI=1S/C13H14N4O2.C7H6/c1-4-11-9-16(10(2)15-11)12-7-13(18)17(14-8-12)5-6-19-3;1-5-4-6-2-3-7(5)6/h1,7-9H,5-6H2,2-3H3;2-4H,1H3. The van der Waals surface area contributed by atoms with Gasteiger partial charge in [-0.3, -0.25) is 4.79 Å². The van der Waals surface area contributed by atoms with Gasteiger partial charge in [0.2, 0.25) is 0 Å². The summed E-state index contributed by atoms with van der Waals surface area (Å²) < 4.78 is 8.00. The van der Waals surface area contributed by atoms with Gasteiger partial charge in [0.05, 0.1) is 25.0 Å². The summed E-state index contributed by atoms with van der Waals surface area (Å²) in [7, 11) is 1.58. The highest BCUT2D eigenvalue weighted by Gasteiger charge is 2.11. The second-order valence-electron chi connectivity index (χ2n) is 5.99. The summed E-state index contributed by atoms with van der Waals surface area (Å²) in [6.07, 6.45) is 8.60. The molecule has 0 bridgehead atoms. The topological polar surface area (TPSA) is 61.9 Å². The van der Waals surface area contributed by atoms with Crippen molar-refractivity contribution in [1.82, 2.24) is 19.3 Å². The highest BCUT2D eigenvalue weighted by atomic mass is 16.5. The molecule has 0 radical (unpaired) electrons. The molecule has 2 heterocycles. The van der Waals surface area contributed by atoms with E-state index in [1.807, 2.05) is 6.92 Å². The van der Waals surface area contributed by atoms with E-state index in [1.165, 1.54) is 27.4 Å². The predicted molar refractivity (Wildman–Crippen MR) is 100 cm³/mol. The molecular formula is C20H20N4O2. The van der Waals surface area contributed by atoms with Crippen molar-refractivity contribution in [1.29, 1.82) is 0 Å². The highest BCUT2D eigenvalue weighted by molar-refractivity contribution is 5.80. The Morgan fingerprint density at radius 2 is 2.08 bits per heavy atom. The number of rotatable bonds is 4. The Bertz CT molecular complexity index is 1040. The summed E-state index contributed by atoms with van der Waals surface area (Å²) in [4.78, 5) is 16.1. The number of fused-ring (bicyclic) bond motifs is 1. The van der Waals surface area contributed by atoms with Gasteiger partial charge in [0, 0.05) is 19.4 Å². The van der Waals surface area contributed by atoms with E-state index < -0.39 is 0 Å². The van der Waals surface area contributed by atoms with Gasteiger partial charge in [0.1, 0.15) is 11.5 Å². The summed E-state index contributed by atoms with van der Waals surface area (Å²) in [5, 5.41) is 4.09. The fourth-order valence-electron chi connectivity index (χ4n) is 2.69. The van der Waals surface area contributed by atoms with Crippen molar-refractivity contribution in [2.45, 2.75) is 20.4 Å². The number of benzene rings is 1. The number of imidazole rings is 1. The molecule has 0 spiro atoms. The number of hydrogen-bond donors (Lipinski definition) is 0. The number of methoxy groups -OCH3 is 1. The largest absolute Gasteiger partial charge is 0.383 e. The summed E-state index contributed by atoms with van der Waals surface area (Å²) in [6, 6.07) is 8.00. The van der Waals surface area contributed by atoms with Crippen molar-refractivity contribution >= 4 is 0 Å². The molecule has 0 fully saturated rings. The van der Waals surface area contributed by atoms with E-state index in [4.69, 9.17) is 11.2 Å². The van der Waals surface area contributed by atoms with Gasteiger partial charge in [-0.2, -0.15) is 5.10 Å². The van der Waals surface area contributed by atoms with Gasteiger partial charge < -0.3 is 9.30 Å². The first-order valence-electron chi connectivity index (χ1n) is 8.23. The lowest BCUT2D eigenvalue weighted by molar-refractivity contribution is 0.182.